The molecule has 1 aromatic carbocycles. The zero-order valence-corrected chi connectivity index (χ0v) is 10.3. The van der Waals surface area contributed by atoms with Crippen LogP contribution in [0.15, 0.2) is 12.1 Å². The van der Waals surface area contributed by atoms with Crippen molar-refractivity contribution in [2.75, 3.05) is 6.61 Å². The molecule has 0 saturated carbocycles. The molecule has 1 fully saturated rings. The van der Waals surface area contributed by atoms with Crippen molar-refractivity contribution in [2.45, 2.75) is 11.2 Å². The second kappa shape index (κ2) is 3.96. The average Bonchev–Trinajstić information content (AvgIpc) is 2.65. The van der Waals surface area contributed by atoms with Gasteiger partial charge >= 0.3 is 0 Å². The highest BCUT2D eigenvalue weighted by Crippen LogP contribution is 2.51. The van der Waals surface area contributed by atoms with Crippen molar-refractivity contribution in [1.29, 1.82) is 5.26 Å². The number of amides is 2. The molecule has 7 heteroatoms. The minimum Gasteiger partial charge on any atom is -0.492 e. The van der Waals surface area contributed by atoms with Crippen LogP contribution in [0.1, 0.15) is 17.5 Å². The van der Waals surface area contributed by atoms with E-state index < -0.39 is 21.7 Å². The lowest BCUT2D eigenvalue weighted by atomic mass is 9.89. The number of benzene rings is 1. The van der Waals surface area contributed by atoms with Crippen molar-refractivity contribution in [3.05, 3.63) is 29.1 Å². The Bertz CT molecular complexity index is 655. The molecule has 1 N–H and O–H groups in total. The number of nitriles is 1. The van der Waals surface area contributed by atoms with Gasteiger partial charge in [0.25, 0.3) is 5.24 Å². The van der Waals surface area contributed by atoms with Gasteiger partial charge in [0.15, 0.2) is 0 Å². The lowest BCUT2D eigenvalue weighted by molar-refractivity contribution is -0.122. The fourth-order valence-electron chi connectivity index (χ4n) is 2.33. The van der Waals surface area contributed by atoms with Crippen LogP contribution in [-0.4, -0.2) is 17.8 Å². The van der Waals surface area contributed by atoms with Gasteiger partial charge in [-0.15, -0.1) is 0 Å². The quantitative estimate of drug-likeness (QED) is 0.780. The first-order valence-electron chi connectivity index (χ1n) is 5.48. The molecule has 0 bridgehead atoms. The monoisotopic (exact) mass is 278 g/mol. The number of ether oxygens (including phenoxy) is 1. The Labute approximate surface area is 111 Å². The van der Waals surface area contributed by atoms with Gasteiger partial charge in [-0.25, -0.2) is 4.39 Å². The van der Waals surface area contributed by atoms with Crippen LogP contribution in [0.2, 0.25) is 0 Å². The van der Waals surface area contributed by atoms with Gasteiger partial charge in [0.1, 0.15) is 22.4 Å². The average molecular weight is 278 g/mol. The first-order valence-corrected chi connectivity index (χ1v) is 6.30. The molecular weight excluding hydrogens is 271 g/mol. The number of nitrogens with zero attached hydrogens (tertiary/aromatic N) is 1. The Morgan fingerprint density at radius 1 is 1.47 bits per heavy atom. The van der Waals surface area contributed by atoms with Gasteiger partial charge in [-0.2, -0.15) is 5.26 Å². The van der Waals surface area contributed by atoms with Crippen LogP contribution in [0.25, 0.3) is 0 Å². The zero-order chi connectivity index (χ0) is 13.6. The molecule has 2 heterocycles. The molecule has 1 saturated heterocycles. The lowest BCUT2D eigenvalue weighted by Gasteiger charge is -2.31. The summed E-state index contributed by atoms with van der Waals surface area (Å²) < 4.78 is 17.8. The number of hydrogen-bond acceptors (Lipinski definition) is 5. The molecule has 1 spiro atoms. The number of imide groups is 1. The maximum absolute atomic E-state index is 13.6. The van der Waals surface area contributed by atoms with Gasteiger partial charge < -0.3 is 4.74 Å². The number of thioether (sulfide) groups is 1. The Balaban J connectivity index is 2.26. The van der Waals surface area contributed by atoms with Gasteiger partial charge in [-0.3, -0.25) is 14.9 Å². The summed E-state index contributed by atoms with van der Waals surface area (Å²) in [6.07, 6.45) is 0.260. The third kappa shape index (κ3) is 1.60. The van der Waals surface area contributed by atoms with Crippen LogP contribution in [0, 0.1) is 17.1 Å². The van der Waals surface area contributed by atoms with Gasteiger partial charge in [-0.05, 0) is 23.9 Å². The highest BCUT2D eigenvalue weighted by molar-refractivity contribution is 8.15. The molecule has 3 rings (SSSR count). The number of hydrogen-bond donors (Lipinski definition) is 1. The van der Waals surface area contributed by atoms with Crippen molar-refractivity contribution < 1.29 is 18.7 Å². The minimum absolute atomic E-state index is 0.0295. The predicted molar refractivity (Wildman–Crippen MR) is 64.0 cm³/mol. The van der Waals surface area contributed by atoms with E-state index in [-0.39, 0.29) is 29.9 Å². The molecule has 1 atom stereocenters. The normalized spacial score (nSPS) is 24.6. The lowest BCUT2D eigenvalue weighted by Crippen LogP contribution is -2.38. The first-order chi connectivity index (χ1) is 9.06. The second-order valence-electron chi connectivity index (χ2n) is 4.21. The van der Waals surface area contributed by atoms with Crippen LogP contribution >= 0.6 is 11.8 Å². The van der Waals surface area contributed by atoms with Crippen molar-refractivity contribution in [1.82, 2.24) is 5.32 Å². The Morgan fingerprint density at radius 3 is 2.89 bits per heavy atom. The molecule has 2 amide bonds. The molecule has 1 aromatic rings. The van der Waals surface area contributed by atoms with Crippen LogP contribution < -0.4 is 10.1 Å². The number of carbonyl (C=O) groups is 2. The molecular formula is C12H7FN2O3S. The van der Waals surface area contributed by atoms with Crippen LogP contribution in [0.3, 0.4) is 0 Å². The summed E-state index contributed by atoms with van der Waals surface area (Å²) in [5, 5.41) is 10.7. The number of fused-ring (bicyclic) bond motifs is 2. The van der Waals surface area contributed by atoms with Crippen molar-refractivity contribution in [3.63, 3.8) is 0 Å². The summed E-state index contributed by atoms with van der Waals surface area (Å²) in [4.78, 5) is 23.4. The van der Waals surface area contributed by atoms with Gasteiger partial charge in [-0.1, -0.05) is 0 Å². The summed E-state index contributed by atoms with van der Waals surface area (Å²) in [7, 11) is 0. The van der Waals surface area contributed by atoms with E-state index in [4.69, 9.17) is 10.00 Å². The van der Waals surface area contributed by atoms with Crippen molar-refractivity contribution in [3.8, 4) is 11.8 Å². The highest BCUT2D eigenvalue weighted by Gasteiger charge is 2.52. The second-order valence-corrected chi connectivity index (χ2v) is 5.48. The number of nitrogens with one attached hydrogen (secondary N) is 1. The molecule has 19 heavy (non-hydrogen) atoms. The number of halogens is 1. The topological polar surface area (TPSA) is 79.2 Å². The first kappa shape index (κ1) is 12.0. The Morgan fingerprint density at radius 2 is 2.26 bits per heavy atom. The summed E-state index contributed by atoms with van der Waals surface area (Å²) in [5.41, 5.74) is 0.283. The summed E-state index contributed by atoms with van der Waals surface area (Å²) >= 11 is 0.812. The standard InChI is InChI=1S/C12H7FN2O3S/c13-7-3-6(5-14)9-8(4-7)12(1-2-18-9)10(16)15-11(17)19-12/h3-4H,1-2H2,(H,15,16,17). The molecule has 0 aromatic heterocycles. The van der Waals surface area contributed by atoms with E-state index in [1.165, 1.54) is 0 Å². The maximum Gasteiger partial charge on any atom is 0.287 e. The summed E-state index contributed by atoms with van der Waals surface area (Å²) in [5.74, 6) is -0.929. The SMILES string of the molecule is N#Cc1cc(F)cc2c1OCCC21SC(=O)NC1=O. The molecule has 5 nitrogen and oxygen atoms in total. The van der Waals surface area contributed by atoms with Gasteiger partial charge in [0.05, 0.1) is 12.2 Å². The predicted octanol–water partition coefficient (Wildman–Crippen LogP) is 1.66. The fourth-order valence-corrected chi connectivity index (χ4v) is 3.38. The number of carbonyl (C=O) groups excluding carboxylic acids is 2. The van der Waals surface area contributed by atoms with E-state index in [9.17, 15) is 14.0 Å². The summed E-state index contributed by atoms with van der Waals surface area (Å²) in [6.45, 7) is 0.195. The van der Waals surface area contributed by atoms with E-state index in [1.807, 2.05) is 6.07 Å². The largest absolute Gasteiger partial charge is 0.492 e. The molecule has 96 valence electrons. The number of rotatable bonds is 0. The van der Waals surface area contributed by atoms with Gasteiger partial charge in [0.2, 0.25) is 5.91 Å². The zero-order valence-electron chi connectivity index (χ0n) is 9.53. The summed E-state index contributed by atoms with van der Waals surface area (Å²) in [6, 6.07) is 4.04. The van der Waals surface area contributed by atoms with E-state index in [1.54, 1.807) is 0 Å². The van der Waals surface area contributed by atoms with Crippen LogP contribution in [0.4, 0.5) is 9.18 Å². The van der Waals surface area contributed by atoms with Gasteiger partial charge in [0, 0.05) is 12.0 Å². The highest BCUT2D eigenvalue weighted by atomic mass is 32.2. The molecule has 2 aliphatic heterocycles. The van der Waals surface area contributed by atoms with Crippen molar-refractivity contribution >= 4 is 22.9 Å². The smallest absolute Gasteiger partial charge is 0.287 e. The molecule has 0 radical (unpaired) electrons. The minimum atomic E-state index is -1.18. The van der Waals surface area contributed by atoms with E-state index in [2.05, 4.69) is 5.32 Å². The Hall–Kier alpha value is -2.07. The van der Waals surface area contributed by atoms with Crippen molar-refractivity contribution in [2.24, 2.45) is 0 Å². The van der Waals surface area contributed by atoms with Crippen LogP contribution in [0.5, 0.6) is 5.75 Å². The van der Waals surface area contributed by atoms with E-state index in [0.29, 0.717) is 0 Å². The van der Waals surface area contributed by atoms with Crippen LogP contribution in [-0.2, 0) is 9.54 Å². The molecule has 0 aliphatic carbocycles. The molecule has 2 aliphatic rings. The van der Waals surface area contributed by atoms with E-state index in [0.717, 1.165) is 23.9 Å². The Kier molecular flexibility index (Phi) is 2.50. The molecule has 1 unspecified atom stereocenters. The maximum atomic E-state index is 13.6. The van der Waals surface area contributed by atoms with E-state index >= 15 is 0 Å². The third-order valence-corrected chi connectivity index (χ3v) is 4.40. The third-order valence-electron chi connectivity index (χ3n) is 3.16. The fraction of sp³-hybridized carbons (Fsp3) is 0.250.